The largest absolute Gasteiger partial charge is 0.380 e. The van der Waals surface area contributed by atoms with Gasteiger partial charge in [-0.15, -0.1) is 11.3 Å². The van der Waals surface area contributed by atoms with E-state index in [4.69, 9.17) is 0 Å². The Kier molecular flexibility index (Phi) is 10.1. The van der Waals surface area contributed by atoms with E-state index in [1.54, 1.807) is 48.8 Å². The Morgan fingerprint density at radius 1 is 1.11 bits per heavy atom. The van der Waals surface area contributed by atoms with Crippen molar-refractivity contribution in [1.82, 2.24) is 9.88 Å². The van der Waals surface area contributed by atoms with Crippen molar-refractivity contribution in [2.45, 2.75) is 52.3 Å². The Morgan fingerprint density at radius 3 is 2.38 bits per heavy atom. The van der Waals surface area contributed by atoms with Gasteiger partial charge in [0.2, 0.25) is 5.43 Å². The molecule has 0 atom stereocenters. The number of benzene rings is 2. The number of carbonyl (C=O) groups is 2. The van der Waals surface area contributed by atoms with Crippen LogP contribution < -0.4 is 16.1 Å². The third-order valence-electron chi connectivity index (χ3n) is 8.19. The molecule has 3 N–H and O–H groups in total. The van der Waals surface area contributed by atoms with Crippen molar-refractivity contribution < 1.29 is 23.5 Å². The number of nitrogens with zero attached hydrogens (tertiary/aromatic N) is 1. The first-order valence-electron chi connectivity index (χ1n) is 15.4. The lowest BCUT2D eigenvalue weighted by molar-refractivity contribution is -0.125. The molecule has 2 aromatic carbocycles. The van der Waals surface area contributed by atoms with E-state index in [2.05, 4.69) is 17.2 Å². The second-order valence-electron chi connectivity index (χ2n) is 11.9. The number of aliphatic hydroxyl groups is 1. The average molecular weight is 658 g/mol. The van der Waals surface area contributed by atoms with Crippen LogP contribution in [0.5, 0.6) is 0 Å². The van der Waals surface area contributed by atoms with Crippen molar-refractivity contribution >= 4 is 38.9 Å². The maximum absolute atomic E-state index is 14.9. The summed E-state index contributed by atoms with van der Waals surface area (Å²) < 4.78 is 31.3. The highest BCUT2D eigenvalue weighted by Crippen LogP contribution is 2.39. The molecule has 0 bridgehead atoms. The zero-order valence-corrected chi connectivity index (χ0v) is 27.3. The van der Waals surface area contributed by atoms with Gasteiger partial charge in [0.1, 0.15) is 22.1 Å². The van der Waals surface area contributed by atoms with E-state index < -0.39 is 34.5 Å². The van der Waals surface area contributed by atoms with Crippen molar-refractivity contribution in [2.75, 3.05) is 11.9 Å². The maximum atomic E-state index is 14.9. The summed E-state index contributed by atoms with van der Waals surface area (Å²) in [5.41, 5.74) is 0.886. The molecule has 2 heterocycles. The van der Waals surface area contributed by atoms with E-state index in [-0.39, 0.29) is 30.0 Å². The second-order valence-corrected chi connectivity index (χ2v) is 12.9. The van der Waals surface area contributed by atoms with Crippen LogP contribution in [-0.2, 0) is 17.9 Å². The van der Waals surface area contributed by atoms with E-state index in [1.165, 1.54) is 35.7 Å². The third kappa shape index (κ3) is 7.25. The summed E-state index contributed by atoms with van der Waals surface area (Å²) in [5, 5.41) is 16.6. The van der Waals surface area contributed by atoms with Gasteiger partial charge in [0.25, 0.3) is 5.91 Å². The summed E-state index contributed by atoms with van der Waals surface area (Å²) in [6, 6.07) is 10.7. The van der Waals surface area contributed by atoms with Gasteiger partial charge in [-0.05, 0) is 60.7 Å². The molecular formula is C37H37F2N3O4S. The lowest BCUT2D eigenvalue weighted by atomic mass is 9.99. The smallest absolute Gasteiger partial charge is 0.256 e. The molecule has 7 nitrogen and oxygen atoms in total. The van der Waals surface area contributed by atoms with Crippen molar-refractivity contribution in [3.63, 3.8) is 0 Å². The first-order chi connectivity index (χ1) is 22.5. The van der Waals surface area contributed by atoms with Gasteiger partial charge >= 0.3 is 0 Å². The van der Waals surface area contributed by atoms with E-state index in [9.17, 15) is 28.3 Å². The lowest BCUT2D eigenvalue weighted by Crippen LogP contribution is -2.29. The molecule has 244 valence electrons. The normalized spacial score (nSPS) is 14.2. The molecule has 2 aromatic heterocycles. The number of hydrogen-bond acceptors (Lipinski definition) is 6. The molecule has 4 aromatic rings. The SMILES string of the molecule is C=C/C=C\C(=C/C)CNCc1c(-c2ccc(NC(=O)C3(O)CC3)cc2)sc2c1c(=O)c(C(=O)C(C)C)cn2Cc1c(F)cccc1F. The number of pyridine rings is 1. The minimum absolute atomic E-state index is 0.0472. The van der Waals surface area contributed by atoms with Crippen LogP contribution in [0.1, 0.15) is 55.1 Å². The van der Waals surface area contributed by atoms with Gasteiger partial charge in [-0.3, -0.25) is 14.4 Å². The van der Waals surface area contributed by atoms with Gasteiger partial charge in [0.15, 0.2) is 5.78 Å². The first kappa shape index (κ1) is 33.8. The van der Waals surface area contributed by atoms with Crippen molar-refractivity contribution in [2.24, 2.45) is 5.92 Å². The van der Waals surface area contributed by atoms with Gasteiger partial charge in [0, 0.05) is 41.3 Å². The van der Waals surface area contributed by atoms with E-state index in [0.29, 0.717) is 40.9 Å². The highest BCUT2D eigenvalue weighted by molar-refractivity contribution is 7.22. The topological polar surface area (TPSA) is 100 Å². The van der Waals surface area contributed by atoms with E-state index in [0.717, 1.165) is 16.0 Å². The molecular weight excluding hydrogens is 620 g/mol. The molecule has 0 spiro atoms. The van der Waals surface area contributed by atoms with Crippen molar-refractivity contribution in [1.29, 1.82) is 0 Å². The molecule has 0 radical (unpaired) electrons. The zero-order valence-electron chi connectivity index (χ0n) is 26.5. The third-order valence-corrected chi connectivity index (χ3v) is 9.50. The highest BCUT2D eigenvalue weighted by atomic mass is 32.1. The van der Waals surface area contributed by atoms with Crippen LogP contribution in [0.4, 0.5) is 14.5 Å². The molecule has 1 fully saturated rings. The Bertz CT molecular complexity index is 1950. The molecule has 1 aliphatic carbocycles. The fraction of sp³-hybridized carbons (Fsp3) is 0.270. The standard InChI is InChI=1S/C37H37F2N3O4S/c1-5-7-9-23(6-2)18-40-19-26-31-33(44)28(32(43)22(3)4)21-42(20-27-29(38)10-8-11-30(27)39)35(31)47-34(26)24-12-14-25(15-13-24)41-36(45)37(46)16-17-37/h5-15,21-22,40,46H,1,16-20H2,2-4H3,(H,41,45)/b9-7-,23-6+. The number of nitrogens with one attached hydrogen (secondary N) is 2. The number of fused-ring (bicyclic) bond motifs is 1. The molecule has 1 aliphatic rings. The number of anilines is 1. The summed E-state index contributed by atoms with van der Waals surface area (Å²) in [4.78, 5) is 41.1. The number of thiophene rings is 1. The van der Waals surface area contributed by atoms with Crippen LogP contribution in [0.25, 0.3) is 20.7 Å². The number of carbonyl (C=O) groups excluding carboxylic acids is 2. The Labute approximate surface area is 276 Å². The summed E-state index contributed by atoms with van der Waals surface area (Å²) in [5.74, 6) is -2.76. The summed E-state index contributed by atoms with van der Waals surface area (Å²) in [6.45, 7) is 9.53. The number of hydrogen-bond donors (Lipinski definition) is 3. The number of ketones is 1. The average Bonchev–Trinajstić information content (AvgIpc) is 3.70. The fourth-order valence-corrected chi connectivity index (χ4v) is 6.53. The van der Waals surface area contributed by atoms with Crippen LogP contribution in [0.15, 0.2) is 89.9 Å². The minimum atomic E-state index is -1.32. The van der Waals surface area contributed by atoms with Gasteiger partial charge in [0.05, 0.1) is 17.5 Å². The fourth-order valence-electron chi connectivity index (χ4n) is 5.23. The number of rotatable bonds is 13. The van der Waals surface area contributed by atoms with Crippen molar-refractivity contribution in [3.05, 3.63) is 124 Å². The first-order valence-corrected chi connectivity index (χ1v) is 16.2. The van der Waals surface area contributed by atoms with Gasteiger partial charge in [-0.2, -0.15) is 0 Å². The Hall–Kier alpha value is -4.51. The highest BCUT2D eigenvalue weighted by Gasteiger charge is 2.48. The van der Waals surface area contributed by atoms with E-state index in [1.807, 2.05) is 25.2 Å². The van der Waals surface area contributed by atoms with E-state index >= 15 is 0 Å². The minimum Gasteiger partial charge on any atom is -0.380 e. The lowest BCUT2D eigenvalue weighted by Gasteiger charge is -2.14. The molecule has 0 unspecified atom stereocenters. The van der Waals surface area contributed by atoms with Crippen LogP contribution in [-0.4, -0.2) is 33.5 Å². The van der Waals surface area contributed by atoms with Crippen LogP contribution >= 0.6 is 11.3 Å². The van der Waals surface area contributed by atoms with Gasteiger partial charge < -0.3 is 20.3 Å². The molecule has 5 rings (SSSR count). The number of Topliss-reactive ketones (excluding diaryl/α,β-unsaturated/α-hetero) is 1. The Morgan fingerprint density at radius 2 is 1.79 bits per heavy atom. The summed E-state index contributed by atoms with van der Waals surface area (Å²) in [7, 11) is 0. The second kappa shape index (κ2) is 14.1. The number of halogens is 2. The molecule has 0 aliphatic heterocycles. The molecule has 10 heteroatoms. The molecule has 0 saturated heterocycles. The predicted octanol–water partition coefficient (Wildman–Crippen LogP) is 7.14. The van der Waals surface area contributed by atoms with Crippen LogP contribution in [0.2, 0.25) is 0 Å². The summed E-state index contributed by atoms with van der Waals surface area (Å²) in [6.07, 6.45) is 9.64. The predicted molar refractivity (Wildman–Crippen MR) is 184 cm³/mol. The molecule has 1 amide bonds. The van der Waals surface area contributed by atoms with Gasteiger partial charge in [-0.25, -0.2) is 8.78 Å². The number of amides is 1. The summed E-state index contributed by atoms with van der Waals surface area (Å²) >= 11 is 1.29. The monoisotopic (exact) mass is 657 g/mol. The molecule has 47 heavy (non-hydrogen) atoms. The molecule has 1 saturated carbocycles. The zero-order chi connectivity index (χ0) is 33.9. The van der Waals surface area contributed by atoms with Gasteiger partial charge in [-0.1, -0.05) is 62.9 Å². The number of aromatic nitrogens is 1. The number of allylic oxidation sites excluding steroid dienone is 3. The maximum Gasteiger partial charge on any atom is 0.256 e. The van der Waals surface area contributed by atoms with Crippen molar-refractivity contribution in [3.8, 4) is 10.4 Å². The quantitative estimate of drug-likeness (QED) is 0.105. The Balaban J connectivity index is 1.66. The van der Waals surface area contributed by atoms with Crippen LogP contribution in [0.3, 0.4) is 0 Å². The van der Waals surface area contributed by atoms with Crippen LogP contribution in [0, 0.1) is 17.6 Å².